The van der Waals surface area contributed by atoms with Crippen LogP contribution >= 0.6 is 11.3 Å². The fraction of sp³-hybridized carbons (Fsp3) is 0.214. The molecule has 118 valence electrons. The van der Waals surface area contributed by atoms with Gasteiger partial charge in [0.2, 0.25) is 10.0 Å². The summed E-state index contributed by atoms with van der Waals surface area (Å²) in [6, 6.07) is 5.85. The molecule has 0 aliphatic heterocycles. The second-order valence-electron chi connectivity index (χ2n) is 4.55. The molecular weight excluding hydrogens is 332 g/mol. The maximum Gasteiger partial charge on any atom is 0.240 e. The minimum Gasteiger partial charge on any atom is -0.294 e. The van der Waals surface area contributed by atoms with Gasteiger partial charge < -0.3 is 0 Å². The molecule has 0 aliphatic rings. The van der Waals surface area contributed by atoms with E-state index in [4.69, 9.17) is 0 Å². The third kappa shape index (κ3) is 3.96. The number of Topliss-reactive ketones (excluding diaryl/α,β-unsaturated/α-hetero) is 1. The summed E-state index contributed by atoms with van der Waals surface area (Å²) in [5.41, 5.74) is 0. The van der Waals surface area contributed by atoms with E-state index in [0.29, 0.717) is 17.4 Å². The summed E-state index contributed by atoms with van der Waals surface area (Å²) < 4.78 is 52.1. The normalized spacial score (nSPS) is 11.6. The van der Waals surface area contributed by atoms with E-state index in [1.165, 1.54) is 18.3 Å². The Labute approximate surface area is 130 Å². The first-order valence-electron chi connectivity index (χ1n) is 6.34. The molecule has 0 fully saturated rings. The second-order valence-corrected chi connectivity index (χ2v) is 7.48. The summed E-state index contributed by atoms with van der Waals surface area (Å²) in [4.78, 5) is 12.3. The SMILES string of the molecule is CC(=O)c1ccc(CCNS(=O)(=O)c2ccc(F)c(F)c2)s1. The fourth-order valence-corrected chi connectivity index (χ4v) is 3.68. The molecule has 8 heteroatoms. The van der Waals surface area contributed by atoms with Crippen LogP contribution in [0.3, 0.4) is 0 Å². The van der Waals surface area contributed by atoms with Gasteiger partial charge in [0.1, 0.15) is 0 Å². The largest absolute Gasteiger partial charge is 0.294 e. The molecule has 2 aromatic rings. The summed E-state index contributed by atoms with van der Waals surface area (Å²) in [6.07, 6.45) is 0.404. The first-order valence-corrected chi connectivity index (χ1v) is 8.64. The van der Waals surface area contributed by atoms with Crippen molar-refractivity contribution in [3.05, 3.63) is 51.7 Å². The lowest BCUT2D eigenvalue weighted by molar-refractivity contribution is 0.102. The van der Waals surface area contributed by atoms with Gasteiger partial charge in [-0.05, 0) is 43.7 Å². The summed E-state index contributed by atoms with van der Waals surface area (Å²) in [5.74, 6) is -2.36. The van der Waals surface area contributed by atoms with E-state index in [1.807, 2.05) is 0 Å². The molecule has 0 spiro atoms. The Morgan fingerprint density at radius 2 is 1.91 bits per heavy atom. The highest BCUT2D eigenvalue weighted by molar-refractivity contribution is 7.89. The van der Waals surface area contributed by atoms with Crippen molar-refractivity contribution in [2.24, 2.45) is 0 Å². The van der Waals surface area contributed by atoms with Gasteiger partial charge >= 0.3 is 0 Å². The number of hydrogen-bond acceptors (Lipinski definition) is 4. The number of nitrogens with one attached hydrogen (secondary N) is 1. The number of carbonyl (C=O) groups is 1. The minimum absolute atomic E-state index is 0.0429. The van der Waals surface area contributed by atoms with E-state index in [0.717, 1.165) is 17.0 Å². The highest BCUT2D eigenvalue weighted by atomic mass is 32.2. The molecule has 0 bridgehead atoms. The highest BCUT2D eigenvalue weighted by Gasteiger charge is 2.16. The van der Waals surface area contributed by atoms with Crippen molar-refractivity contribution >= 4 is 27.1 Å². The van der Waals surface area contributed by atoms with Crippen LogP contribution < -0.4 is 4.72 Å². The molecule has 0 atom stereocenters. The molecule has 0 unspecified atom stereocenters. The maximum absolute atomic E-state index is 13.1. The standard InChI is InChI=1S/C14H13F2NO3S2/c1-9(18)14-5-2-10(21-14)6-7-17-22(19,20)11-3-4-12(15)13(16)8-11/h2-5,8,17H,6-7H2,1H3. The summed E-state index contributed by atoms with van der Waals surface area (Å²) in [5, 5.41) is 0. The molecule has 1 aromatic heterocycles. The average Bonchev–Trinajstić information content (AvgIpc) is 2.90. The number of halogens is 2. The summed E-state index contributed by atoms with van der Waals surface area (Å²) in [7, 11) is -3.90. The molecule has 1 N–H and O–H groups in total. The number of carbonyl (C=O) groups excluding carboxylic acids is 1. The zero-order valence-electron chi connectivity index (χ0n) is 11.6. The third-order valence-corrected chi connectivity index (χ3v) is 5.58. The van der Waals surface area contributed by atoms with E-state index in [9.17, 15) is 22.0 Å². The molecule has 22 heavy (non-hydrogen) atoms. The second kappa shape index (κ2) is 6.64. The Kier molecular flexibility index (Phi) is 5.05. The number of benzene rings is 1. The van der Waals surface area contributed by atoms with Crippen molar-refractivity contribution in [2.45, 2.75) is 18.2 Å². The number of ketones is 1. The van der Waals surface area contributed by atoms with Crippen LogP contribution in [0, 0.1) is 11.6 Å². The number of sulfonamides is 1. The quantitative estimate of drug-likeness (QED) is 0.819. The van der Waals surface area contributed by atoms with Gasteiger partial charge in [0.15, 0.2) is 17.4 Å². The van der Waals surface area contributed by atoms with Gasteiger partial charge in [-0.2, -0.15) is 0 Å². The number of thiophene rings is 1. The fourth-order valence-electron chi connectivity index (χ4n) is 1.74. The molecular formula is C14H13F2NO3S2. The molecule has 1 aromatic carbocycles. The van der Waals surface area contributed by atoms with Gasteiger partial charge in [-0.25, -0.2) is 21.9 Å². The third-order valence-electron chi connectivity index (χ3n) is 2.87. The van der Waals surface area contributed by atoms with Crippen LogP contribution in [-0.2, 0) is 16.4 Å². The Bertz CT molecular complexity index is 800. The van der Waals surface area contributed by atoms with E-state index in [2.05, 4.69) is 4.72 Å². The van der Waals surface area contributed by atoms with Crippen LogP contribution in [-0.4, -0.2) is 20.7 Å². The van der Waals surface area contributed by atoms with Gasteiger partial charge in [0.05, 0.1) is 9.77 Å². The highest BCUT2D eigenvalue weighted by Crippen LogP contribution is 2.18. The first-order chi connectivity index (χ1) is 10.3. The monoisotopic (exact) mass is 345 g/mol. The number of rotatable bonds is 6. The predicted molar refractivity (Wildman–Crippen MR) is 79.6 cm³/mol. The average molecular weight is 345 g/mol. The zero-order chi connectivity index (χ0) is 16.3. The van der Waals surface area contributed by atoms with Crippen LogP contribution in [0.1, 0.15) is 21.5 Å². The van der Waals surface area contributed by atoms with Crippen LogP contribution in [0.2, 0.25) is 0 Å². The molecule has 1 heterocycles. The Morgan fingerprint density at radius 1 is 1.18 bits per heavy atom. The van der Waals surface area contributed by atoms with Crippen molar-refractivity contribution in [3.8, 4) is 0 Å². The van der Waals surface area contributed by atoms with Crippen LogP contribution in [0.4, 0.5) is 8.78 Å². The van der Waals surface area contributed by atoms with Crippen molar-refractivity contribution in [1.82, 2.24) is 4.72 Å². The van der Waals surface area contributed by atoms with E-state index in [-0.39, 0.29) is 17.2 Å². The smallest absolute Gasteiger partial charge is 0.240 e. The number of hydrogen-bond donors (Lipinski definition) is 1. The Hall–Kier alpha value is -1.64. The minimum atomic E-state index is -3.90. The van der Waals surface area contributed by atoms with Crippen molar-refractivity contribution < 1.29 is 22.0 Å². The van der Waals surface area contributed by atoms with Gasteiger partial charge in [-0.3, -0.25) is 4.79 Å². The van der Waals surface area contributed by atoms with Crippen LogP contribution in [0.15, 0.2) is 35.2 Å². The van der Waals surface area contributed by atoms with E-state index in [1.54, 1.807) is 12.1 Å². The van der Waals surface area contributed by atoms with Crippen molar-refractivity contribution in [3.63, 3.8) is 0 Å². The predicted octanol–water partition coefficient (Wildman–Crippen LogP) is 2.75. The van der Waals surface area contributed by atoms with Gasteiger partial charge in [0, 0.05) is 11.4 Å². The molecule has 2 rings (SSSR count). The molecule has 0 radical (unpaired) electrons. The van der Waals surface area contributed by atoms with Gasteiger partial charge in [-0.1, -0.05) is 0 Å². The van der Waals surface area contributed by atoms with Crippen LogP contribution in [0.25, 0.3) is 0 Å². The summed E-state index contributed by atoms with van der Waals surface area (Å²) in [6.45, 7) is 1.56. The molecule has 0 aliphatic carbocycles. The van der Waals surface area contributed by atoms with Crippen LogP contribution in [0.5, 0.6) is 0 Å². The maximum atomic E-state index is 13.1. The van der Waals surface area contributed by atoms with Crippen molar-refractivity contribution in [1.29, 1.82) is 0 Å². The molecule has 0 saturated heterocycles. The zero-order valence-corrected chi connectivity index (χ0v) is 13.2. The lowest BCUT2D eigenvalue weighted by Gasteiger charge is -2.06. The van der Waals surface area contributed by atoms with E-state index >= 15 is 0 Å². The topological polar surface area (TPSA) is 63.2 Å². The first kappa shape index (κ1) is 16.7. The molecule has 4 nitrogen and oxygen atoms in total. The van der Waals surface area contributed by atoms with E-state index < -0.39 is 21.7 Å². The molecule has 0 amide bonds. The Morgan fingerprint density at radius 3 is 2.50 bits per heavy atom. The van der Waals surface area contributed by atoms with Gasteiger partial charge in [0.25, 0.3) is 0 Å². The summed E-state index contributed by atoms with van der Waals surface area (Å²) >= 11 is 1.30. The Balaban J connectivity index is 2.00. The lowest BCUT2D eigenvalue weighted by atomic mass is 10.3. The lowest BCUT2D eigenvalue weighted by Crippen LogP contribution is -2.26. The molecule has 0 saturated carbocycles. The van der Waals surface area contributed by atoms with Crippen molar-refractivity contribution in [2.75, 3.05) is 6.54 Å². The van der Waals surface area contributed by atoms with Gasteiger partial charge in [-0.15, -0.1) is 11.3 Å².